The van der Waals surface area contributed by atoms with Crippen molar-refractivity contribution in [1.29, 1.82) is 5.26 Å². The van der Waals surface area contributed by atoms with E-state index in [4.69, 9.17) is 16.9 Å². The first-order valence-electron chi connectivity index (χ1n) is 4.00. The highest BCUT2D eigenvalue weighted by molar-refractivity contribution is 7.99. The molecule has 3 heteroatoms. The SMILES string of the molecule is CC(C#N)CSc1cccc(Cl)c1. The summed E-state index contributed by atoms with van der Waals surface area (Å²) in [6.45, 7) is 1.91. The Bertz CT molecular complexity index is 319. The maximum atomic E-state index is 8.58. The lowest BCUT2D eigenvalue weighted by Crippen LogP contribution is -1.92. The maximum Gasteiger partial charge on any atom is 0.0661 e. The van der Waals surface area contributed by atoms with Crippen LogP contribution in [-0.2, 0) is 0 Å². The number of thioether (sulfide) groups is 1. The summed E-state index contributed by atoms with van der Waals surface area (Å²) in [6, 6.07) is 9.87. The van der Waals surface area contributed by atoms with Gasteiger partial charge in [-0.15, -0.1) is 11.8 Å². The second-order valence-electron chi connectivity index (χ2n) is 2.80. The van der Waals surface area contributed by atoms with Crippen LogP contribution in [0.25, 0.3) is 0 Å². The van der Waals surface area contributed by atoms with Crippen molar-refractivity contribution in [2.75, 3.05) is 5.75 Å². The van der Waals surface area contributed by atoms with E-state index in [0.717, 1.165) is 15.7 Å². The minimum atomic E-state index is 0.0870. The van der Waals surface area contributed by atoms with E-state index >= 15 is 0 Å². The number of halogens is 1. The Hall–Kier alpha value is -0.650. The largest absolute Gasteiger partial charge is 0.198 e. The smallest absolute Gasteiger partial charge is 0.0661 e. The minimum Gasteiger partial charge on any atom is -0.198 e. The summed E-state index contributed by atoms with van der Waals surface area (Å²) in [5.74, 6) is 0.903. The van der Waals surface area contributed by atoms with Crippen LogP contribution in [0.15, 0.2) is 29.2 Å². The van der Waals surface area contributed by atoms with Crippen molar-refractivity contribution < 1.29 is 0 Å². The van der Waals surface area contributed by atoms with E-state index in [1.165, 1.54) is 0 Å². The van der Waals surface area contributed by atoms with E-state index in [0.29, 0.717) is 0 Å². The molecule has 0 heterocycles. The molecule has 68 valence electrons. The fourth-order valence-corrected chi connectivity index (χ4v) is 1.97. The number of nitriles is 1. The zero-order valence-corrected chi connectivity index (χ0v) is 8.90. The van der Waals surface area contributed by atoms with Gasteiger partial charge in [-0.05, 0) is 25.1 Å². The number of hydrogen-bond donors (Lipinski definition) is 0. The molecule has 0 radical (unpaired) electrons. The van der Waals surface area contributed by atoms with Crippen molar-refractivity contribution in [3.05, 3.63) is 29.3 Å². The number of nitrogens with zero attached hydrogens (tertiary/aromatic N) is 1. The van der Waals surface area contributed by atoms with E-state index in [1.54, 1.807) is 11.8 Å². The quantitative estimate of drug-likeness (QED) is 0.714. The Morgan fingerprint density at radius 2 is 2.38 bits per heavy atom. The molecule has 0 saturated heterocycles. The Labute approximate surface area is 87.7 Å². The van der Waals surface area contributed by atoms with Crippen LogP contribution < -0.4 is 0 Å². The summed E-state index contributed by atoms with van der Waals surface area (Å²) < 4.78 is 0. The third-order valence-corrected chi connectivity index (χ3v) is 3.01. The van der Waals surface area contributed by atoms with Crippen LogP contribution in [0.2, 0.25) is 5.02 Å². The van der Waals surface area contributed by atoms with E-state index in [9.17, 15) is 0 Å². The van der Waals surface area contributed by atoms with Crippen molar-refractivity contribution >= 4 is 23.4 Å². The third kappa shape index (κ3) is 3.71. The van der Waals surface area contributed by atoms with Crippen LogP contribution in [0.3, 0.4) is 0 Å². The molecular weight excluding hydrogens is 202 g/mol. The lowest BCUT2D eigenvalue weighted by atomic mass is 10.3. The Morgan fingerprint density at radius 3 is 3.00 bits per heavy atom. The van der Waals surface area contributed by atoms with Crippen LogP contribution in [0.1, 0.15) is 6.92 Å². The van der Waals surface area contributed by atoms with Gasteiger partial charge in [-0.1, -0.05) is 17.7 Å². The molecule has 0 amide bonds. The average Bonchev–Trinajstić information content (AvgIpc) is 2.14. The molecule has 13 heavy (non-hydrogen) atoms. The van der Waals surface area contributed by atoms with Crippen LogP contribution in [0, 0.1) is 17.2 Å². The predicted octanol–water partition coefficient (Wildman–Crippen LogP) is 3.59. The van der Waals surface area contributed by atoms with Crippen LogP contribution in [0.5, 0.6) is 0 Å². The molecular formula is C10H10ClNS. The molecule has 1 unspecified atom stereocenters. The van der Waals surface area contributed by atoms with E-state index in [-0.39, 0.29) is 5.92 Å². The number of benzene rings is 1. The molecule has 1 aromatic rings. The van der Waals surface area contributed by atoms with Crippen molar-refractivity contribution in [2.24, 2.45) is 5.92 Å². The molecule has 0 fully saturated rings. The molecule has 0 aliphatic carbocycles. The summed E-state index contributed by atoms with van der Waals surface area (Å²) in [5.41, 5.74) is 0. The summed E-state index contributed by atoms with van der Waals surface area (Å²) in [5, 5.41) is 9.32. The average molecular weight is 212 g/mol. The standard InChI is InChI=1S/C10H10ClNS/c1-8(6-12)7-13-10-4-2-3-9(11)5-10/h2-5,8H,7H2,1H3. The van der Waals surface area contributed by atoms with Crippen molar-refractivity contribution in [2.45, 2.75) is 11.8 Å². The first kappa shape index (κ1) is 10.4. The molecule has 0 aliphatic heterocycles. The lowest BCUT2D eigenvalue weighted by Gasteiger charge is -2.02. The highest BCUT2D eigenvalue weighted by atomic mass is 35.5. The first-order valence-corrected chi connectivity index (χ1v) is 5.36. The Morgan fingerprint density at radius 1 is 1.62 bits per heavy atom. The second-order valence-corrected chi connectivity index (χ2v) is 4.33. The van der Waals surface area contributed by atoms with E-state index < -0.39 is 0 Å². The molecule has 0 aliphatic rings. The highest BCUT2D eigenvalue weighted by Crippen LogP contribution is 2.23. The van der Waals surface area contributed by atoms with Gasteiger partial charge in [0.25, 0.3) is 0 Å². The van der Waals surface area contributed by atoms with E-state index in [2.05, 4.69) is 6.07 Å². The summed E-state index contributed by atoms with van der Waals surface area (Å²) in [4.78, 5) is 1.12. The van der Waals surface area contributed by atoms with Crippen LogP contribution >= 0.6 is 23.4 Å². The molecule has 0 aromatic heterocycles. The predicted molar refractivity (Wildman–Crippen MR) is 57.0 cm³/mol. The fourth-order valence-electron chi connectivity index (χ4n) is 0.815. The zero-order valence-electron chi connectivity index (χ0n) is 7.33. The van der Waals surface area contributed by atoms with Gasteiger partial charge < -0.3 is 0 Å². The molecule has 1 atom stereocenters. The van der Waals surface area contributed by atoms with Crippen molar-refractivity contribution in [3.63, 3.8) is 0 Å². The van der Waals surface area contributed by atoms with Gasteiger partial charge in [0.2, 0.25) is 0 Å². The monoisotopic (exact) mass is 211 g/mol. The summed E-state index contributed by atoms with van der Waals surface area (Å²) in [6.07, 6.45) is 0. The first-order chi connectivity index (χ1) is 6.22. The molecule has 0 saturated carbocycles. The third-order valence-electron chi connectivity index (χ3n) is 1.52. The molecule has 1 rings (SSSR count). The molecule has 1 nitrogen and oxygen atoms in total. The number of hydrogen-bond acceptors (Lipinski definition) is 2. The zero-order chi connectivity index (χ0) is 9.68. The molecule has 1 aromatic carbocycles. The van der Waals surface area contributed by atoms with Crippen LogP contribution in [-0.4, -0.2) is 5.75 Å². The topological polar surface area (TPSA) is 23.8 Å². The van der Waals surface area contributed by atoms with Gasteiger partial charge in [0.05, 0.1) is 12.0 Å². The van der Waals surface area contributed by atoms with Gasteiger partial charge in [-0.3, -0.25) is 0 Å². The van der Waals surface area contributed by atoms with Crippen LogP contribution in [0.4, 0.5) is 0 Å². The Kier molecular flexibility index (Phi) is 4.14. The Balaban J connectivity index is 2.51. The van der Waals surface area contributed by atoms with Crippen molar-refractivity contribution in [3.8, 4) is 6.07 Å². The maximum absolute atomic E-state index is 8.58. The molecule has 0 spiro atoms. The molecule has 0 N–H and O–H groups in total. The van der Waals surface area contributed by atoms with Gasteiger partial charge >= 0.3 is 0 Å². The lowest BCUT2D eigenvalue weighted by molar-refractivity contribution is 0.864. The summed E-state index contributed by atoms with van der Waals surface area (Å²) in [7, 11) is 0. The normalized spacial score (nSPS) is 12.1. The highest BCUT2D eigenvalue weighted by Gasteiger charge is 2.00. The van der Waals surface area contributed by atoms with Crippen molar-refractivity contribution in [1.82, 2.24) is 0 Å². The molecule has 0 bridgehead atoms. The van der Waals surface area contributed by atoms with Gasteiger partial charge in [-0.25, -0.2) is 0 Å². The number of rotatable bonds is 3. The van der Waals surface area contributed by atoms with Gasteiger partial charge in [0.15, 0.2) is 0 Å². The summed E-state index contributed by atoms with van der Waals surface area (Å²) >= 11 is 7.48. The fraction of sp³-hybridized carbons (Fsp3) is 0.300. The van der Waals surface area contributed by atoms with Gasteiger partial charge in [0.1, 0.15) is 0 Å². The van der Waals surface area contributed by atoms with Gasteiger partial charge in [-0.2, -0.15) is 5.26 Å². The minimum absolute atomic E-state index is 0.0870. The second kappa shape index (κ2) is 5.16. The van der Waals surface area contributed by atoms with E-state index in [1.807, 2.05) is 31.2 Å². The van der Waals surface area contributed by atoms with Gasteiger partial charge in [0, 0.05) is 15.7 Å².